The van der Waals surface area contributed by atoms with Gasteiger partial charge in [0, 0.05) is 17.2 Å². The van der Waals surface area contributed by atoms with E-state index in [0.29, 0.717) is 11.8 Å². The highest BCUT2D eigenvalue weighted by atomic mass is 16.4. The molecule has 4 aromatic rings. The average Bonchev–Trinajstić information content (AvgIpc) is 3.13. The van der Waals surface area contributed by atoms with Crippen molar-refractivity contribution >= 4 is 0 Å². The molecule has 0 bridgehead atoms. The molecule has 2 aromatic heterocycles. The van der Waals surface area contributed by atoms with Crippen LogP contribution in [0.2, 0.25) is 0 Å². The summed E-state index contributed by atoms with van der Waals surface area (Å²) in [4.78, 5) is 12.7. The molecule has 2 heterocycles. The molecule has 29 heavy (non-hydrogen) atoms. The van der Waals surface area contributed by atoms with Crippen LogP contribution in [0.4, 0.5) is 0 Å². The largest absolute Gasteiger partial charge is 0.419 e. The quantitative estimate of drug-likeness (QED) is 0.537. The molecule has 0 saturated carbocycles. The molecule has 0 amide bonds. The Morgan fingerprint density at radius 3 is 2.69 bits per heavy atom. The SMILES string of the molecule is Cc1ccc2c(c1)-c1nn(Cc3nnc(-c4ccccc4)o3)c(=O)cc1CCC2. The van der Waals surface area contributed by atoms with Crippen LogP contribution >= 0.6 is 0 Å². The van der Waals surface area contributed by atoms with E-state index < -0.39 is 0 Å². The van der Waals surface area contributed by atoms with Crippen LogP contribution < -0.4 is 5.56 Å². The number of benzene rings is 2. The van der Waals surface area contributed by atoms with Crippen LogP contribution in [0, 0.1) is 6.92 Å². The molecule has 2 aromatic carbocycles. The molecule has 0 N–H and O–H groups in total. The van der Waals surface area contributed by atoms with Gasteiger partial charge in [0.2, 0.25) is 11.8 Å². The molecule has 6 heteroatoms. The standard InChI is InChI=1S/C23H20N4O2/c1-15-10-11-16-8-5-9-18-13-21(28)27(26-22(18)19(16)12-15)14-20-24-25-23(29-20)17-6-3-2-4-7-17/h2-4,6-7,10-13H,5,8-9,14H2,1H3. The lowest BCUT2D eigenvalue weighted by Gasteiger charge is -2.11. The number of rotatable bonds is 3. The van der Waals surface area contributed by atoms with Crippen molar-refractivity contribution in [2.75, 3.05) is 0 Å². The molecule has 144 valence electrons. The van der Waals surface area contributed by atoms with E-state index in [1.165, 1.54) is 15.8 Å². The zero-order valence-corrected chi connectivity index (χ0v) is 16.1. The Labute approximate surface area is 167 Å². The molecule has 0 aliphatic heterocycles. The van der Waals surface area contributed by atoms with Gasteiger partial charge in [-0.3, -0.25) is 4.79 Å². The Bertz CT molecular complexity index is 1240. The molecule has 6 nitrogen and oxygen atoms in total. The highest BCUT2D eigenvalue weighted by molar-refractivity contribution is 5.68. The van der Waals surface area contributed by atoms with Crippen LogP contribution in [-0.2, 0) is 19.4 Å². The number of hydrogen-bond acceptors (Lipinski definition) is 5. The summed E-state index contributed by atoms with van der Waals surface area (Å²) in [5.41, 5.74) is 6.14. The van der Waals surface area contributed by atoms with Gasteiger partial charge in [-0.25, -0.2) is 4.68 Å². The monoisotopic (exact) mass is 384 g/mol. The molecule has 1 aliphatic rings. The molecule has 0 fully saturated rings. The maximum Gasteiger partial charge on any atom is 0.267 e. The Kier molecular flexibility index (Phi) is 4.31. The van der Waals surface area contributed by atoms with Gasteiger partial charge in [0.1, 0.15) is 6.54 Å². The van der Waals surface area contributed by atoms with Crippen LogP contribution in [0.3, 0.4) is 0 Å². The predicted octanol–water partition coefficient (Wildman–Crippen LogP) is 3.81. The minimum absolute atomic E-state index is 0.146. The molecule has 5 rings (SSSR count). The van der Waals surface area contributed by atoms with Gasteiger partial charge in [0.25, 0.3) is 5.56 Å². The lowest BCUT2D eigenvalue weighted by atomic mass is 10.00. The molecule has 0 unspecified atom stereocenters. The summed E-state index contributed by atoms with van der Waals surface area (Å²) in [5, 5.41) is 12.9. The van der Waals surface area contributed by atoms with E-state index in [1.54, 1.807) is 6.07 Å². The van der Waals surface area contributed by atoms with Crippen molar-refractivity contribution in [2.45, 2.75) is 32.7 Å². The number of nitrogens with zero attached hydrogens (tertiary/aromatic N) is 4. The normalized spacial score (nSPS) is 12.9. The fraction of sp³-hybridized carbons (Fsp3) is 0.217. The van der Waals surface area contributed by atoms with E-state index in [1.807, 2.05) is 30.3 Å². The molecule has 0 radical (unpaired) electrons. The summed E-state index contributed by atoms with van der Waals surface area (Å²) < 4.78 is 7.18. The summed E-state index contributed by atoms with van der Waals surface area (Å²) in [5.74, 6) is 0.792. The van der Waals surface area contributed by atoms with Crippen molar-refractivity contribution in [3.63, 3.8) is 0 Å². The minimum Gasteiger partial charge on any atom is -0.419 e. The maximum absolute atomic E-state index is 12.7. The third-order valence-electron chi connectivity index (χ3n) is 5.26. The first-order valence-corrected chi connectivity index (χ1v) is 9.76. The third-order valence-corrected chi connectivity index (χ3v) is 5.26. The summed E-state index contributed by atoms with van der Waals surface area (Å²) >= 11 is 0. The van der Waals surface area contributed by atoms with Crippen LogP contribution in [0.25, 0.3) is 22.7 Å². The van der Waals surface area contributed by atoms with Crippen molar-refractivity contribution < 1.29 is 4.42 Å². The first-order chi connectivity index (χ1) is 14.2. The fourth-order valence-corrected chi connectivity index (χ4v) is 3.80. The number of fused-ring (bicyclic) bond motifs is 3. The highest BCUT2D eigenvalue weighted by Gasteiger charge is 2.19. The first-order valence-electron chi connectivity index (χ1n) is 9.76. The second kappa shape index (κ2) is 7.13. The van der Waals surface area contributed by atoms with E-state index >= 15 is 0 Å². The Balaban J connectivity index is 1.53. The second-order valence-corrected chi connectivity index (χ2v) is 7.40. The Morgan fingerprint density at radius 2 is 1.83 bits per heavy atom. The lowest BCUT2D eigenvalue weighted by Crippen LogP contribution is -2.24. The zero-order chi connectivity index (χ0) is 19.8. The van der Waals surface area contributed by atoms with E-state index in [9.17, 15) is 4.79 Å². The molecular weight excluding hydrogens is 364 g/mol. The minimum atomic E-state index is -0.153. The second-order valence-electron chi connectivity index (χ2n) is 7.40. The Morgan fingerprint density at radius 1 is 1.00 bits per heavy atom. The molecule has 0 spiro atoms. The third kappa shape index (κ3) is 3.38. The average molecular weight is 384 g/mol. The van der Waals surface area contributed by atoms with Crippen molar-refractivity contribution in [3.05, 3.63) is 87.5 Å². The first kappa shape index (κ1) is 17.6. The fourth-order valence-electron chi connectivity index (χ4n) is 3.80. The van der Waals surface area contributed by atoms with E-state index in [4.69, 9.17) is 9.52 Å². The van der Waals surface area contributed by atoms with Crippen LogP contribution in [0.1, 0.15) is 29.0 Å². The Hall–Kier alpha value is -3.54. The summed E-state index contributed by atoms with van der Waals surface area (Å²) in [7, 11) is 0. The van der Waals surface area contributed by atoms with E-state index in [0.717, 1.165) is 41.6 Å². The molecule has 0 saturated heterocycles. The smallest absolute Gasteiger partial charge is 0.267 e. The number of aromatic nitrogens is 4. The van der Waals surface area contributed by atoms with Crippen molar-refractivity contribution in [1.29, 1.82) is 0 Å². The predicted molar refractivity (Wildman–Crippen MR) is 110 cm³/mol. The molecule has 1 aliphatic carbocycles. The van der Waals surface area contributed by atoms with Gasteiger partial charge >= 0.3 is 0 Å². The topological polar surface area (TPSA) is 73.8 Å². The maximum atomic E-state index is 12.7. The number of hydrogen-bond donors (Lipinski definition) is 0. The van der Waals surface area contributed by atoms with Gasteiger partial charge in [-0.15, -0.1) is 10.2 Å². The van der Waals surface area contributed by atoms with Crippen LogP contribution in [-0.4, -0.2) is 20.0 Å². The van der Waals surface area contributed by atoms with Crippen molar-refractivity contribution in [2.24, 2.45) is 0 Å². The van der Waals surface area contributed by atoms with Crippen LogP contribution in [0.5, 0.6) is 0 Å². The molecular formula is C23H20N4O2. The lowest BCUT2D eigenvalue weighted by molar-refractivity contribution is 0.465. The summed E-state index contributed by atoms with van der Waals surface area (Å²) in [6, 6.07) is 17.7. The zero-order valence-electron chi connectivity index (χ0n) is 16.1. The van der Waals surface area contributed by atoms with Gasteiger partial charge in [0.05, 0.1) is 5.69 Å². The van der Waals surface area contributed by atoms with E-state index in [2.05, 4.69) is 35.3 Å². The number of aryl methyl sites for hydroxylation is 3. The van der Waals surface area contributed by atoms with Gasteiger partial charge in [0.15, 0.2) is 0 Å². The van der Waals surface area contributed by atoms with E-state index in [-0.39, 0.29) is 12.1 Å². The van der Waals surface area contributed by atoms with Gasteiger partial charge < -0.3 is 4.42 Å². The highest BCUT2D eigenvalue weighted by Crippen LogP contribution is 2.30. The van der Waals surface area contributed by atoms with Crippen LogP contribution in [0.15, 0.2) is 63.8 Å². The van der Waals surface area contributed by atoms with Crippen molar-refractivity contribution in [3.8, 4) is 22.7 Å². The summed E-state index contributed by atoms with van der Waals surface area (Å²) in [6.07, 6.45) is 2.85. The summed E-state index contributed by atoms with van der Waals surface area (Å²) in [6.45, 7) is 2.22. The van der Waals surface area contributed by atoms with Crippen molar-refractivity contribution in [1.82, 2.24) is 20.0 Å². The molecule has 0 atom stereocenters. The van der Waals surface area contributed by atoms with Gasteiger partial charge in [-0.05, 0) is 55.5 Å². The van der Waals surface area contributed by atoms with Gasteiger partial charge in [-0.2, -0.15) is 5.10 Å². The van der Waals surface area contributed by atoms with Gasteiger partial charge in [-0.1, -0.05) is 35.9 Å².